The lowest BCUT2D eigenvalue weighted by Gasteiger charge is -2.15. The van der Waals surface area contributed by atoms with Crippen LogP contribution in [0.5, 0.6) is 0 Å². The van der Waals surface area contributed by atoms with Crippen LogP contribution < -0.4 is 5.32 Å². The first kappa shape index (κ1) is 23.4. The van der Waals surface area contributed by atoms with Gasteiger partial charge in [0.25, 0.3) is 5.24 Å². The van der Waals surface area contributed by atoms with Crippen LogP contribution in [0, 0.1) is 0 Å². The summed E-state index contributed by atoms with van der Waals surface area (Å²) in [4.78, 5) is 27.5. The smallest absolute Gasteiger partial charge is 0.416 e. The molecule has 2 aromatic carbocycles. The molecule has 0 unspecified atom stereocenters. The Bertz CT molecular complexity index is 1090. The summed E-state index contributed by atoms with van der Waals surface area (Å²) in [5.74, 6) is -0.670. The molecule has 0 saturated heterocycles. The van der Waals surface area contributed by atoms with Crippen molar-refractivity contribution in [3.63, 3.8) is 0 Å². The van der Waals surface area contributed by atoms with Crippen molar-refractivity contribution in [2.24, 2.45) is 0 Å². The van der Waals surface area contributed by atoms with E-state index in [0.29, 0.717) is 11.1 Å². The van der Waals surface area contributed by atoms with Crippen LogP contribution in [0.3, 0.4) is 0 Å². The quantitative estimate of drug-likeness (QED) is 0.376. The molecule has 30 heavy (non-hydrogen) atoms. The Balaban J connectivity index is 0.00000320. The van der Waals surface area contributed by atoms with Crippen molar-refractivity contribution in [1.82, 2.24) is 4.98 Å². The molecule has 0 aliphatic heterocycles. The van der Waals surface area contributed by atoms with Crippen LogP contribution in [0.1, 0.15) is 33.2 Å². The van der Waals surface area contributed by atoms with Crippen molar-refractivity contribution in [1.29, 1.82) is 0 Å². The zero-order chi connectivity index (χ0) is 21.2. The molecule has 3 aromatic rings. The molecule has 158 valence electrons. The number of halogens is 5. The van der Waals surface area contributed by atoms with Gasteiger partial charge in [-0.15, -0.1) is 12.4 Å². The summed E-state index contributed by atoms with van der Waals surface area (Å²) < 4.78 is 44.1. The fraction of sp³-hybridized carbons (Fsp3) is 0.150. The maximum absolute atomic E-state index is 13.0. The second kappa shape index (κ2) is 9.32. The highest BCUT2D eigenvalue weighted by Crippen LogP contribution is 2.35. The molecule has 0 saturated carbocycles. The molecular weight excluding hydrogens is 444 g/mol. The minimum Gasteiger partial charge on any atom is -0.462 e. The molecule has 0 bridgehead atoms. The summed E-state index contributed by atoms with van der Waals surface area (Å²) in [6.07, 6.45) is -3.35. The van der Waals surface area contributed by atoms with Gasteiger partial charge in [0, 0.05) is 22.8 Å². The predicted octanol–water partition coefficient (Wildman–Crippen LogP) is 5.97. The number of carbonyl (C=O) groups is 2. The Labute approximate surface area is 180 Å². The largest absolute Gasteiger partial charge is 0.462 e. The normalized spacial score (nSPS) is 11.0. The van der Waals surface area contributed by atoms with Crippen LogP contribution in [0.15, 0.2) is 48.7 Å². The number of pyridine rings is 1. The number of esters is 1. The van der Waals surface area contributed by atoms with Gasteiger partial charge in [0.1, 0.15) is 5.56 Å². The number of anilines is 2. The molecule has 0 fully saturated rings. The van der Waals surface area contributed by atoms with Crippen molar-refractivity contribution in [3.8, 4) is 0 Å². The Morgan fingerprint density at radius 1 is 1.13 bits per heavy atom. The van der Waals surface area contributed by atoms with E-state index < -0.39 is 23.0 Å². The third-order valence-electron chi connectivity index (χ3n) is 4.07. The highest BCUT2D eigenvalue weighted by Gasteiger charge is 2.31. The first-order valence-corrected chi connectivity index (χ1v) is 8.82. The van der Waals surface area contributed by atoms with Crippen molar-refractivity contribution in [3.05, 3.63) is 65.4 Å². The number of hydrogen-bond acceptors (Lipinski definition) is 5. The topological polar surface area (TPSA) is 68.3 Å². The first-order valence-electron chi connectivity index (χ1n) is 8.44. The van der Waals surface area contributed by atoms with Gasteiger partial charge in [0.15, 0.2) is 0 Å². The number of aromatic nitrogens is 1. The number of alkyl halides is 3. The molecule has 1 aromatic heterocycles. The number of carbonyl (C=O) groups excluding carboxylic acids is 2. The van der Waals surface area contributed by atoms with Gasteiger partial charge in [-0.1, -0.05) is 6.07 Å². The standard InChI is InChI=1S/C20H14ClF3N2O3.ClH/c1-2-29-19(28)15-10-25-16-9-12(20(22,23)24)5-8-14(16)17(15)26-13-6-3-11(4-7-13)18(21)27;/h3-10H,2H2,1H3,(H,25,26);1H. The van der Waals surface area contributed by atoms with Gasteiger partial charge in [0.05, 0.1) is 23.4 Å². The van der Waals surface area contributed by atoms with Crippen molar-refractivity contribution in [2.45, 2.75) is 13.1 Å². The fourth-order valence-corrected chi connectivity index (χ4v) is 2.82. The van der Waals surface area contributed by atoms with E-state index in [0.717, 1.165) is 12.1 Å². The first-order chi connectivity index (χ1) is 13.7. The number of fused-ring (bicyclic) bond motifs is 1. The van der Waals surface area contributed by atoms with Crippen LogP contribution in [0.25, 0.3) is 10.9 Å². The van der Waals surface area contributed by atoms with E-state index in [-0.39, 0.29) is 41.3 Å². The van der Waals surface area contributed by atoms with Gasteiger partial charge in [-0.2, -0.15) is 13.2 Å². The van der Waals surface area contributed by atoms with Crippen molar-refractivity contribution < 1.29 is 27.5 Å². The molecule has 0 radical (unpaired) electrons. The zero-order valence-electron chi connectivity index (χ0n) is 15.4. The van der Waals surface area contributed by atoms with E-state index in [2.05, 4.69) is 10.3 Å². The molecule has 1 N–H and O–H groups in total. The summed E-state index contributed by atoms with van der Waals surface area (Å²) in [7, 11) is 0. The Morgan fingerprint density at radius 2 is 1.80 bits per heavy atom. The molecule has 1 heterocycles. The Morgan fingerprint density at radius 3 is 2.37 bits per heavy atom. The Hall–Kier alpha value is -2.84. The second-order valence-corrected chi connectivity index (χ2v) is 6.32. The van der Waals surface area contributed by atoms with Gasteiger partial charge in [0.2, 0.25) is 0 Å². The molecule has 5 nitrogen and oxygen atoms in total. The predicted molar refractivity (Wildman–Crippen MR) is 110 cm³/mol. The average molecular weight is 459 g/mol. The van der Waals surface area contributed by atoms with E-state index in [9.17, 15) is 22.8 Å². The monoisotopic (exact) mass is 458 g/mol. The maximum Gasteiger partial charge on any atom is 0.416 e. The second-order valence-electron chi connectivity index (χ2n) is 5.97. The van der Waals surface area contributed by atoms with E-state index >= 15 is 0 Å². The molecule has 3 rings (SSSR count). The third kappa shape index (κ3) is 5.01. The third-order valence-corrected chi connectivity index (χ3v) is 4.29. The minimum atomic E-state index is -4.52. The zero-order valence-corrected chi connectivity index (χ0v) is 17.0. The number of nitrogens with one attached hydrogen (secondary N) is 1. The molecule has 0 atom stereocenters. The molecule has 0 amide bonds. The van der Waals surface area contributed by atoms with Gasteiger partial charge in [-0.25, -0.2) is 4.79 Å². The Kier molecular flexibility index (Phi) is 7.28. The van der Waals surface area contributed by atoms with Crippen LogP contribution in [-0.4, -0.2) is 22.8 Å². The highest BCUT2D eigenvalue weighted by molar-refractivity contribution is 6.67. The number of ether oxygens (including phenoxy) is 1. The van der Waals surface area contributed by atoms with Crippen LogP contribution >= 0.6 is 24.0 Å². The number of nitrogens with zero attached hydrogens (tertiary/aromatic N) is 1. The lowest BCUT2D eigenvalue weighted by Crippen LogP contribution is -2.10. The molecular formula is C20H15Cl2F3N2O3. The van der Waals surface area contributed by atoms with Gasteiger partial charge in [-0.05, 0) is 54.9 Å². The summed E-state index contributed by atoms with van der Waals surface area (Å²) in [5, 5.41) is 2.68. The number of benzene rings is 2. The number of hydrogen-bond donors (Lipinski definition) is 1. The van der Waals surface area contributed by atoms with Crippen LogP contribution in [-0.2, 0) is 10.9 Å². The van der Waals surface area contributed by atoms with E-state index in [1.54, 1.807) is 19.1 Å². The van der Waals surface area contributed by atoms with Crippen LogP contribution in [0.4, 0.5) is 24.5 Å². The summed E-state index contributed by atoms with van der Waals surface area (Å²) in [5.41, 5.74) is 0.283. The lowest BCUT2D eigenvalue weighted by atomic mass is 10.1. The summed E-state index contributed by atoms with van der Waals surface area (Å²) in [6.45, 7) is 1.76. The maximum atomic E-state index is 13.0. The van der Waals surface area contributed by atoms with E-state index in [1.165, 1.54) is 24.4 Å². The van der Waals surface area contributed by atoms with Gasteiger partial charge < -0.3 is 10.1 Å². The van der Waals surface area contributed by atoms with Gasteiger partial charge in [-0.3, -0.25) is 9.78 Å². The molecule has 0 aliphatic rings. The SMILES string of the molecule is CCOC(=O)c1cnc2cc(C(F)(F)F)ccc2c1Nc1ccc(C(=O)Cl)cc1.Cl. The van der Waals surface area contributed by atoms with Gasteiger partial charge >= 0.3 is 12.1 Å². The highest BCUT2D eigenvalue weighted by atomic mass is 35.5. The molecule has 0 aliphatic carbocycles. The average Bonchev–Trinajstić information content (AvgIpc) is 2.67. The molecule has 10 heteroatoms. The van der Waals surface area contributed by atoms with E-state index in [1.807, 2.05) is 0 Å². The molecule has 0 spiro atoms. The summed E-state index contributed by atoms with van der Waals surface area (Å²) >= 11 is 5.43. The van der Waals surface area contributed by atoms with Crippen LogP contribution in [0.2, 0.25) is 0 Å². The van der Waals surface area contributed by atoms with Crippen molar-refractivity contribution >= 4 is 57.5 Å². The summed E-state index contributed by atoms with van der Waals surface area (Å²) in [6, 6.07) is 9.14. The number of rotatable bonds is 5. The van der Waals surface area contributed by atoms with E-state index in [4.69, 9.17) is 16.3 Å². The van der Waals surface area contributed by atoms with Crippen molar-refractivity contribution in [2.75, 3.05) is 11.9 Å². The minimum absolute atomic E-state index is 0. The fourth-order valence-electron chi connectivity index (χ4n) is 2.70. The lowest BCUT2D eigenvalue weighted by molar-refractivity contribution is -0.137.